The number of ether oxygens (including phenoxy) is 2. The lowest BCUT2D eigenvalue weighted by Gasteiger charge is -2.02. The van der Waals surface area contributed by atoms with Crippen LogP contribution in [0.15, 0.2) is 28.6 Å². The zero-order valence-electron chi connectivity index (χ0n) is 9.03. The molecule has 0 unspecified atom stereocenters. The van der Waals surface area contributed by atoms with Crippen molar-refractivity contribution in [3.8, 4) is 0 Å². The average Bonchev–Trinajstić information content (AvgIpc) is 3.06. The molecule has 0 aliphatic heterocycles. The summed E-state index contributed by atoms with van der Waals surface area (Å²) in [6.07, 6.45) is 5.63. The normalized spacial score (nSPS) is 17.2. The molecule has 15 heavy (non-hydrogen) atoms. The highest BCUT2D eigenvalue weighted by Crippen LogP contribution is 2.26. The van der Waals surface area contributed by atoms with Gasteiger partial charge in [0.25, 0.3) is 0 Å². The van der Waals surface area contributed by atoms with Gasteiger partial charge < -0.3 is 9.47 Å². The van der Waals surface area contributed by atoms with Crippen molar-refractivity contribution in [2.45, 2.75) is 25.9 Å². The number of allylic oxidation sites excluding steroid dienone is 2. The van der Waals surface area contributed by atoms with Crippen molar-refractivity contribution in [1.29, 1.82) is 0 Å². The second-order valence-electron chi connectivity index (χ2n) is 3.32. The summed E-state index contributed by atoms with van der Waals surface area (Å²) in [4.78, 5) is 14.8. The molecule has 0 radical (unpaired) electrons. The van der Waals surface area contributed by atoms with Crippen molar-refractivity contribution in [2.75, 3.05) is 7.11 Å². The summed E-state index contributed by atoms with van der Waals surface area (Å²) in [6.45, 7) is 5.06. The summed E-state index contributed by atoms with van der Waals surface area (Å²) in [5.41, 5.74) is 0.498. The Hall–Kier alpha value is -1.58. The molecular formula is C11H15NO3. The molecule has 1 aliphatic rings. The van der Waals surface area contributed by atoms with Crippen molar-refractivity contribution >= 4 is 12.7 Å². The van der Waals surface area contributed by atoms with E-state index in [-0.39, 0.29) is 12.1 Å². The lowest BCUT2D eigenvalue weighted by molar-refractivity contribution is -0.136. The van der Waals surface area contributed by atoms with Gasteiger partial charge in [-0.25, -0.2) is 9.79 Å². The highest BCUT2D eigenvalue weighted by molar-refractivity contribution is 5.87. The quantitative estimate of drug-likeness (QED) is 0.228. The molecule has 4 heteroatoms. The fraction of sp³-hybridized carbons (Fsp3) is 0.455. The van der Waals surface area contributed by atoms with Crippen LogP contribution in [-0.2, 0) is 14.3 Å². The van der Waals surface area contributed by atoms with Crippen LogP contribution in [0.25, 0.3) is 0 Å². The first kappa shape index (κ1) is 11.5. The molecule has 1 fully saturated rings. The minimum atomic E-state index is -0.360. The van der Waals surface area contributed by atoms with Crippen LogP contribution in [0.3, 0.4) is 0 Å². The van der Waals surface area contributed by atoms with E-state index in [1.54, 1.807) is 19.1 Å². The molecule has 0 bridgehead atoms. The Balaban J connectivity index is 2.57. The Kier molecular flexibility index (Phi) is 4.09. The van der Waals surface area contributed by atoms with E-state index in [0.717, 1.165) is 12.8 Å². The Morgan fingerprint density at radius 3 is 2.60 bits per heavy atom. The van der Waals surface area contributed by atoms with Crippen LogP contribution in [0.1, 0.15) is 19.8 Å². The number of hydrogen-bond acceptors (Lipinski definition) is 4. The molecule has 0 N–H and O–H groups in total. The minimum absolute atomic E-state index is 0.272. The molecule has 0 aromatic carbocycles. The highest BCUT2D eigenvalue weighted by atomic mass is 16.5. The van der Waals surface area contributed by atoms with E-state index in [4.69, 9.17) is 4.74 Å². The van der Waals surface area contributed by atoms with Gasteiger partial charge in [-0.15, -0.1) is 0 Å². The summed E-state index contributed by atoms with van der Waals surface area (Å²) in [5.74, 6) is 0.0850. The SMILES string of the molecule is C=N/C(=C\C=C(/C)C(=O)OC)OC1CC1. The molecule has 0 aromatic rings. The van der Waals surface area contributed by atoms with Gasteiger partial charge in [-0.2, -0.15) is 0 Å². The van der Waals surface area contributed by atoms with Gasteiger partial charge in [-0.05, 0) is 32.6 Å². The molecule has 82 valence electrons. The van der Waals surface area contributed by atoms with E-state index in [0.29, 0.717) is 11.5 Å². The maximum atomic E-state index is 11.0. The van der Waals surface area contributed by atoms with E-state index < -0.39 is 0 Å². The first-order chi connectivity index (χ1) is 7.17. The number of carbonyl (C=O) groups is 1. The molecule has 0 saturated heterocycles. The fourth-order valence-electron chi connectivity index (χ4n) is 0.911. The van der Waals surface area contributed by atoms with Crippen LogP contribution in [-0.4, -0.2) is 25.9 Å². The number of methoxy groups -OCH3 is 1. The van der Waals surface area contributed by atoms with Crippen molar-refractivity contribution in [3.05, 3.63) is 23.6 Å². The molecule has 0 amide bonds. The van der Waals surface area contributed by atoms with Crippen LogP contribution >= 0.6 is 0 Å². The van der Waals surface area contributed by atoms with Gasteiger partial charge in [0.1, 0.15) is 6.10 Å². The van der Waals surface area contributed by atoms with Gasteiger partial charge in [-0.1, -0.05) is 0 Å². The lowest BCUT2D eigenvalue weighted by atomic mass is 10.3. The summed E-state index contributed by atoms with van der Waals surface area (Å²) in [7, 11) is 1.34. The Bertz CT molecular complexity index is 314. The Labute approximate surface area is 89.3 Å². The van der Waals surface area contributed by atoms with Crippen LogP contribution in [0.5, 0.6) is 0 Å². The van der Waals surface area contributed by atoms with Crippen molar-refractivity contribution in [2.24, 2.45) is 4.99 Å². The first-order valence-corrected chi connectivity index (χ1v) is 4.77. The van der Waals surface area contributed by atoms with E-state index in [2.05, 4.69) is 16.4 Å². The van der Waals surface area contributed by atoms with Gasteiger partial charge in [0.05, 0.1) is 7.11 Å². The van der Waals surface area contributed by atoms with Gasteiger partial charge >= 0.3 is 5.97 Å². The van der Waals surface area contributed by atoms with Crippen LogP contribution in [0.2, 0.25) is 0 Å². The topological polar surface area (TPSA) is 47.9 Å². The van der Waals surface area contributed by atoms with Crippen LogP contribution in [0, 0.1) is 0 Å². The number of esters is 1. The number of nitrogens with zero attached hydrogens (tertiary/aromatic N) is 1. The molecule has 0 spiro atoms. The maximum Gasteiger partial charge on any atom is 0.333 e. The average molecular weight is 209 g/mol. The third-order valence-corrected chi connectivity index (χ3v) is 1.95. The first-order valence-electron chi connectivity index (χ1n) is 4.77. The van der Waals surface area contributed by atoms with Gasteiger partial charge in [0.15, 0.2) is 0 Å². The van der Waals surface area contributed by atoms with Gasteiger partial charge in [-0.3, -0.25) is 0 Å². The minimum Gasteiger partial charge on any atom is -0.474 e. The van der Waals surface area contributed by atoms with Crippen molar-refractivity contribution < 1.29 is 14.3 Å². The van der Waals surface area contributed by atoms with Crippen molar-refractivity contribution in [1.82, 2.24) is 0 Å². The number of rotatable bonds is 5. The maximum absolute atomic E-state index is 11.0. The molecule has 0 aromatic heterocycles. The standard InChI is InChI=1S/C11H15NO3/c1-8(11(13)14-3)4-7-10(12-2)15-9-5-6-9/h4,7,9H,2,5-6H2,1,3H3/b8-4+,10-7+. The smallest absolute Gasteiger partial charge is 0.333 e. The number of hydrogen-bond donors (Lipinski definition) is 0. The number of carbonyl (C=O) groups excluding carboxylic acids is 1. The number of aliphatic imine (C=N–C) groups is 1. The lowest BCUT2D eigenvalue weighted by Crippen LogP contribution is -2.01. The third-order valence-electron chi connectivity index (χ3n) is 1.95. The molecular weight excluding hydrogens is 194 g/mol. The summed E-state index contributed by atoms with van der Waals surface area (Å²) in [6, 6.07) is 0. The Morgan fingerprint density at radius 2 is 2.13 bits per heavy atom. The van der Waals surface area contributed by atoms with Crippen LogP contribution < -0.4 is 0 Å². The van der Waals surface area contributed by atoms with Gasteiger partial charge in [0.2, 0.25) is 5.88 Å². The molecule has 1 aliphatic carbocycles. The largest absolute Gasteiger partial charge is 0.474 e. The predicted octanol–water partition coefficient (Wildman–Crippen LogP) is 1.83. The second-order valence-corrected chi connectivity index (χ2v) is 3.32. The molecule has 4 nitrogen and oxygen atoms in total. The fourth-order valence-corrected chi connectivity index (χ4v) is 0.911. The molecule has 0 heterocycles. The monoisotopic (exact) mass is 209 g/mol. The summed E-state index contributed by atoms with van der Waals surface area (Å²) < 4.78 is 9.96. The zero-order chi connectivity index (χ0) is 11.3. The molecule has 1 saturated carbocycles. The van der Waals surface area contributed by atoms with E-state index in [1.165, 1.54) is 7.11 Å². The second kappa shape index (κ2) is 5.34. The van der Waals surface area contributed by atoms with Gasteiger partial charge in [0, 0.05) is 11.6 Å². The summed E-state index contributed by atoms with van der Waals surface area (Å²) in [5, 5.41) is 0. The van der Waals surface area contributed by atoms with Crippen molar-refractivity contribution in [3.63, 3.8) is 0 Å². The van der Waals surface area contributed by atoms with Crippen LogP contribution in [0.4, 0.5) is 0 Å². The van der Waals surface area contributed by atoms with E-state index in [9.17, 15) is 4.79 Å². The molecule has 0 atom stereocenters. The zero-order valence-corrected chi connectivity index (χ0v) is 9.03. The summed E-state index contributed by atoms with van der Waals surface area (Å²) >= 11 is 0. The Morgan fingerprint density at radius 1 is 1.47 bits per heavy atom. The van der Waals surface area contributed by atoms with E-state index >= 15 is 0 Å². The third kappa shape index (κ3) is 3.97. The highest BCUT2D eigenvalue weighted by Gasteiger charge is 2.23. The molecule has 1 rings (SSSR count). The van der Waals surface area contributed by atoms with E-state index in [1.807, 2.05) is 0 Å². The predicted molar refractivity (Wildman–Crippen MR) is 57.5 cm³/mol.